The Morgan fingerprint density at radius 1 is 1.07 bits per heavy atom. The number of aryl methyl sites for hydroxylation is 1. The van der Waals surface area contributed by atoms with E-state index < -0.39 is 0 Å². The topological polar surface area (TPSA) is 101 Å². The van der Waals surface area contributed by atoms with Crippen molar-refractivity contribution in [2.24, 2.45) is 0 Å². The number of aromatic nitrogens is 2. The Kier molecular flexibility index (Phi) is 5.53. The predicted molar refractivity (Wildman–Crippen MR) is 111 cm³/mol. The van der Waals surface area contributed by atoms with E-state index in [1.54, 1.807) is 30.3 Å². The van der Waals surface area contributed by atoms with Gasteiger partial charge in [-0.1, -0.05) is 35.6 Å². The monoisotopic (exact) mass is 422 g/mol. The molecule has 0 fully saturated rings. The molecule has 0 saturated carbocycles. The fourth-order valence-corrected chi connectivity index (χ4v) is 3.81. The van der Waals surface area contributed by atoms with Crippen LogP contribution in [0.4, 0.5) is 5.13 Å². The maximum absolute atomic E-state index is 12.4. The van der Waals surface area contributed by atoms with E-state index in [-0.39, 0.29) is 30.9 Å². The highest BCUT2D eigenvalue weighted by atomic mass is 32.1. The first-order chi connectivity index (χ1) is 14.5. The van der Waals surface area contributed by atoms with E-state index in [4.69, 9.17) is 4.74 Å². The molecule has 3 aromatic rings. The van der Waals surface area contributed by atoms with Gasteiger partial charge in [-0.2, -0.15) is 0 Å². The Morgan fingerprint density at radius 3 is 2.50 bits per heavy atom. The fraction of sp³-hybridized carbons (Fsp3) is 0.190. The first-order valence-electron chi connectivity index (χ1n) is 9.28. The number of imide groups is 1. The molecule has 1 aromatic heterocycles. The molecule has 9 heteroatoms. The molecule has 0 bridgehead atoms. The highest BCUT2D eigenvalue weighted by Crippen LogP contribution is 2.23. The van der Waals surface area contributed by atoms with E-state index in [0.29, 0.717) is 33.4 Å². The molecular formula is C21H18N4O4S. The third-order valence-corrected chi connectivity index (χ3v) is 5.40. The van der Waals surface area contributed by atoms with Crippen LogP contribution in [0.3, 0.4) is 0 Å². The lowest BCUT2D eigenvalue weighted by atomic mass is 10.1. The third-order valence-electron chi connectivity index (χ3n) is 4.50. The average Bonchev–Trinajstić information content (AvgIpc) is 3.28. The molecule has 0 atom stereocenters. The van der Waals surface area contributed by atoms with E-state index in [0.717, 1.165) is 5.56 Å². The van der Waals surface area contributed by atoms with Gasteiger partial charge in [-0.25, -0.2) is 0 Å². The smallest absolute Gasteiger partial charge is 0.264 e. The first-order valence-corrected chi connectivity index (χ1v) is 10.1. The maximum Gasteiger partial charge on any atom is 0.264 e. The van der Waals surface area contributed by atoms with E-state index in [9.17, 15) is 14.4 Å². The molecular weight excluding hydrogens is 404 g/mol. The Balaban J connectivity index is 1.29. The van der Waals surface area contributed by atoms with Gasteiger partial charge < -0.3 is 4.74 Å². The highest BCUT2D eigenvalue weighted by molar-refractivity contribution is 7.15. The minimum Gasteiger partial charge on any atom is -0.484 e. The Morgan fingerprint density at radius 2 is 1.80 bits per heavy atom. The predicted octanol–water partition coefficient (Wildman–Crippen LogP) is 2.70. The molecule has 0 saturated heterocycles. The van der Waals surface area contributed by atoms with E-state index >= 15 is 0 Å². The van der Waals surface area contributed by atoms with Crippen molar-refractivity contribution >= 4 is 34.2 Å². The second-order valence-electron chi connectivity index (χ2n) is 6.71. The highest BCUT2D eigenvalue weighted by Gasteiger charge is 2.34. The number of nitrogens with one attached hydrogen (secondary N) is 1. The summed E-state index contributed by atoms with van der Waals surface area (Å²) in [4.78, 5) is 38.1. The number of nitrogens with zero attached hydrogens (tertiary/aromatic N) is 3. The molecule has 0 radical (unpaired) electrons. The van der Waals surface area contributed by atoms with Crippen LogP contribution in [0.5, 0.6) is 5.75 Å². The zero-order valence-electron chi connectivity index (χ0n) is 16.1. The summed E-state index contributed by atoms with van der Waals surface area (Å²) in [5.74, 6) is -0.340. The standard InChI is InChI=1S/C21H18N4O4S/c1-13-5-4-6-14(11-13)29-12-17(26)22-21-24-23-18(30-21)9-10-25-19(27)15-7-2-3-8-16(15)20(25)28/h2-8,11H,9-10,12H2,1H3,(H,22,24,26). The van der Waals surface area contributed by atoms with Gasteiger partial charge in [0.15, 0.2) is 6.61 Å². The van der Waals surface area contributed by atoms with Crippen LogP contribution >= 0.6 is 11.3 Å². The molecule has 1 aliphatic heterocycles. The molecule has 8 nitrogen and oxygen atoms in total. The van der Waals surface area contributed by atoms with Gasteiger partial charge in [0.25, 0.3) is 17.7 Å². The zero-order valence-corrected chi connectivity index (χ0v) is 16.9. The summed E-state index contributed by atoms with van der Waals surface area (Å²) in [7, 11) is 0. The van der Waals surface area contributed by atoms with Gasteiger partial charge in [0.1, 0.15) is 10.8 Å². The lowest BCUT2D eigenvalue weighted by molar-refractivity contribution is -0.118. The molecule has 4 rings (SSSR count). The lowest BCUT2D eigenvalue weighted by Crippen LogP contribution is -2.31. The van der Waals surface area contributed by atoms with Crippen LogP contribution in [0.15, 0.2) is 48.5 Å². The van der Waals surface area contributed by atoms with Gasteiger partial charge in [-0.15, -0.1) is 10.2 Å². The molecule has 0 unspecified atom stereocenters. The van der Waals surface area contributed by atoms with Crippen LogP contribution < -0.4 is 10.1 Å². The Hall–Kier alpha value is -3.59. The van der Waals surface area contributed by atoms with Crippen LogP contribution in [-0.2, 0) is 11.2 Å². The van der Waals surface area contributed by atoms with Gasteiger partial charge in [-0.05, 0) is 36.8 Å². The average molecular weight is 422 g/mol. The summed E-state index contributed by atoms with van der Waals surface area (Å²) >= 11 is 1.20. The minimum absolute atomic E-state index is 0.145. The van der Waals surface area contributed by atoms with Gasteiger partial charge >= 0.3 is 0 Å². The number of carbonyl (C=O) groups excluding carboxylic acids is 3. The molecule has 2 aromatic carbocycles. The van der Waals surface area contributed by atoms with Crippen molar-refractivity contribution in [3.05, 3.63) is 70.2 Å². The van der Waals surface area contributed by atoms with Crippen LogP contribution in [0.25, 0.3) is 0 Å². The number of hydrogen-bond donors (Lipinski definition) is 1. The SMILES string of the molecule is Cc1cccc(OCC(=O)Nc2nnc(CCN3C(=O)c4ccccc4C3=O)s2)c1. The third kappa shape index (κ3) is 4.20. The van der Waals surface area contributed by atoms with Crippen molar-refractivity contribution in [3.63, 3.8) is 0 Å². The van der Waals surface area contributed by atoms with Crippen LogP contribution in [0.2, 0.25) is 0 Å². The normalized spacial score (nSPS) is 12.8. The van der Waals surface area contributed by atoms with Crippen LogP contribution in [0, 0.1) is 6.92 Å². The lowest BCUT2D eigenvalue weighted by Gasteiger charge is -2.12. The number of benzene rings is 2. The number of rotatable bonds is 7. The largest absolute Gasteiger partial charge is 0.484 e. The molecule has 1 N–H and O–H groups in total. The quantitative estimate of drug-likeness (QED) is 0.588. The summed E-state index contributed by atoms with van der Waals surface area (Å²) in [6.45, 7) is 2.00. The zero-order chi connectivity index (χ0) is 21.1. The summed E-state index contributed by atoms with van der Waals surface area (Å²) in [5, 5.41) is 11.6. The van der Waals surface area contributed by atoms with Gasteiger partial charge in [0, 0.05) is 13.0 Å². The molecule has 30 heavy (non-hydrogen) atoms. The minimum atomic E-state index is -0.348. The Bertz CT molecular complexity index is 1090. The van der Waals surface area contributed by atoms with Crippen LogP contribution in [-0.4, -0.2) is 46.0 Å². The summed E-state index contributed by atoms with van der Waals surface area (Å²) < 4.78 is 5.46. The second-order valence-corrected chi connectivity index (χ2v) is 7.77. The van der Waals surface area contributed by atoms with Gasteiger partial charge in [-0.3, -0.25) is 24.6 Å². The van der Waals surface area contributed by atoms with E-state index in [2.05, 4.69) is 15.5 Å². The van der Waals surface area contributed by atoms with Crippen molar-refractivity contribution < 1.29 is 19.1 Å². The van der Waals surface area contributed by atoms with Crippen molar-refractivity contribution in [2.75, 3.05) is 18.5 Å². The molecule has 2 heterocycles. The Labute approximate surface area is 176 Å². The molecule has 1 aliphatic rings. The van der Waals surface area contributed by atoms with Gasteiger partial charge in [0.05, 0.1) is 11.1 Å². The van der Waals surface area contributed by atoms with E-state index in [1.807, 2.05) is 25.1 Å². The van der Waals surface area contributed by atoms with E-state index in [1.165, 1.54) is 16.2 Å². The van der Waals surface area contributed by atoms with Gasteiger partial charge in [0.2, 0.25) is 5.13 Å². The second kappa shape index (κ2) is 8.42. The molecule has 3 amide bonds. The molecule has 0 spiro atoms. The molecule has 152 valence electrons. The van der Waals surface area contributed by atoms with Crippen LogP contribution in [0.1, 0.15) is 31.3 Å². The molecule has 0 aliphatic carbocycles. The number of hydrogen-bond acceptors (Lipinski definition) is 7. The fourth-order valence-electron chi connectivity index (χ4n) is 3.06. The first kappa shape index (κ1) is 19.7. The summed E-state index contributed by atoms with van der Waals surface area (Å²) in [6, 6.07) is 14.2. The number of ether oxygens (including phenoxy) is 1. The van der Waals surface area contributed by atoms with Crippen molar-refractivity contribution in [1.82, 2.24) is 15.1 Å². The number of fused-ring (bicyclic) bond motifs is 1. The number of carbonyl (C=O) groups is 3. The summed E-state index contributed by atoms with van der Waals surface area (Å²) in [6.07, 6.45) is 0.360. The summed E-state index contributed by atoms with van der Waals surface area (Å²) in [5.41, 5.74) is 1.88. The maximum atomic E-state index is 12.4. The number of anilines is 1. The van der Waals surface area contributed by atoms with Crippen molar-refractivity contribution in [1.29, 1.82) is 0 Å². The van der Waals surface area contributed by atoms with Crippen molar-refractivity contribution in [3.8, 4) is 5.75 Å². The number of amides is 3. The van der Waals surface area contributed by atoms with Crippen molar-refractivity contribution in [2.45, 2.75) is 13.3 Å².